The summed E-state index contributed by atoms with van der Waals surface area (Å²) in [5.41, 5.74) is 5.32. The van der Waals surface area contributed by atoms with Crippen molar-refractivity contribution in [2.45, 2.75) is 58.5 Å². The lowest BCUT2D eigenvalue weighted by atomic mass is 9.81. The van der Waals surface area contributed by atoms with Gasteiger partial charge in [-0.05, 0) is 25.7 Å². The van der Waals surface area contributed by atoms with Gasteiger partial charge in [-0.25, -0.2) is 0 Å². The lowest BCUT2D eigenvalue weighted by Crippen LogP contribution is -2.47. The van der Waals surface area contributed by atoms with Gasteiger partial charge >= 0.3 is 0 Å². The van der Waals surface area contributed by atoms with Gasteiger partial charge in [0.15, 0.2) is 0 Å². The maximum Gasteiger partial charge on any atom is 0.227 e. The van der Waals surface area contributed by atoms with Crippen LogP contribution in [0.1, 0.15) is 52.4 Å². The molecule has 2 atom stereocenters. The Morgan fingerprint density at radius 3 is 2.37 bits per heavy atom. The molecule has 19 heavy (non-hydrogen) atoms. The maximum absolute atomic E-state index is 12.2. The lowest BCUT2D eigenvalue weighted by Gasteiger charge is -2.32. The van der Waals surface area contributed by atoms with E-state index in [0.717, 1.165) is 38.5 Å². The van der Waals surface area contributed by atoms with Crippen molar-refractivity contribution in [2.75, 3.05) is 13.1 Å². The summed E-state index contributed by atoms with van der Waals surface area (Å²) in [6, 6.07) is 0. The van der Waals surface area contributed by atoms with Gasteiger partial charge in [0.05, 0.1) is 11.5 Å². The van der Waals surface area contributed by atoms with Crippen molar-refractivity contribution in [1.82, 2.24) is 5.32 Å². The molecule has 4 N–H and O–H groups in total. The molecule has 1 fully saturated rings. The summed E-state index contributed by atoms with van der Waals surface area (Å²) in [7, 11) is 0. The molecule has 114 valence electrons. The highest BCUT2D eigenvalue weighted by atomic mass is 35.5. The highest BCUT2D eigenvalue weighted by molar-refractivity contribution is 5.85. The molecule has 1 aliphatic rings. The van der Waals surface area contributed by atoms with Crippen LogP contribution in [-0.2, 0) is 4.79 Å². The molecule has 0 aliphatic heterocycles. The lowest BCUT2D eigenvalue weighted by molar-refractivity contribution is -0.131. The standard InChI is InChI=1S/C14H28N2O2.ClH/c1-3-14(4-2,10-15)13(18)16-9-11-7-5-6-8-12(11)17;/h11-12,17H,3-10,15H2,1-2H3,(H,16,18);1H. The number of halogens is 1. The number of hydrogen-bond donors (Lipinski definition) is 3. The van der Waals surface area contributed by atoms with E-state index in [1.165, 1.54) is 0 Å². The Morgan fingerprint density at radius 2 is 1.89 bits per heavy atom. The van der Waals surface area contributed by atoms with Gasteiger partial charge in [-0.3, -0.25) is 4.79 Å². The molecule has 1 amide bonds. The molecule has 0 spiro atoms. The zero-order valence-corrected chi connectivity index (χ0v) is 13.0. The Hall–Kier alpha value is -0.320. The van der Waals surface area contributed by atoms with Crippen molar-refractivity contribution in [3.8, 4) is 0 Å². The van der Waals surface area contributed by atoms with E-state index in [2.05, 4.69) is 5.32 Å². The van der Waals surface area contributed by atoms with Crippen molar-refractivity contribution >= 4 is 18.3 Å². The van der Waals surface area contributed by atoms with Gasteiger partial charge in [-0.2, -0.15) is 0 Å². The first-order valence-corrected chi connectivity index (χ1v) is 7.26. The second kappa shape index (κ2) is 8.77. The van der Waals surface area contributed by atoms with Crippen LogP contribution in [-0.4, -0.2) is 30.2 Å². The van der Waals surface area contributed by atoms with E-state index in [1.807, 2.05) is 13.8 Å². The molecule has 0 saturated heterocycles. The summed E-state index contributed by atoms with van der Waals surface area (Å²) < 4.78 is 0. The van der Waals surface area contributed by atoms with Crippen LogP contribution in [0.3, 0.4) is 0 Å². The topological polar surface area (TPSA) is 75.4 Å². The Balaban J connectivity index is 0.00000324. The molecule has 0 aromatic rings. The molecule has 0 bridgehead atoms. The third-order valence-corrected chi connectivity index (χ3v) is 4.62. The molecule has 5 heteroatoms. The number of carbonyl (C=O) groups excluding carboxylic acids is 1. The average molecular weight is 293 g/mol. The predicted octanol–water partition coefficient (Wildman–Crippen LogP) is 1.84. The fourth-order valence-electron chi connectivity index (χ4n) is 2.79. The molecule has 2 unspecified atom stereocenters. The van der Waals surface area contributed by atoms with Crippen LogP contribution in [0.15, 0.2) is 0 Å². The van der Waals surface area contributed by atoms with Crippen molar-refractivity contribution in [2.24, 2.45) is 17.1 Å². The molecule has 4 nitrogen and oxygen atoms in total. The minimum Gasteiger partial charge on any atom is -0.393 e. The zero-order valence-electron chi connectivity index (χ0n) is 12.2. The minimum absolute atomic E-state index is 0. The second-order valence-electron chi connectivity index (χ2n) is 5.51. The Labute approximate surface area is 122 Å². The first kappa shape index (κ1) is 18.7. The Bertz CT molecular complexity index is 262. The van der Waals surface area contributed by atoms with Crippen LogP contribution in [0.4, 0.5) is 0 Å². The molecule has 1 rings (SSSR count). The number of hydrogen-bond acceptors (Lipinski definition) is 3. The van der Waals surface area contributed by atoms with Crippen molar-refractivity contribution in [1.29, 1.82) is 0 Å². The van der Waals surface area contributed by atoms with E-state index >= 15 is 0 Å². The van der Waals surface area contributed by atoms with Gasteiger partial charge in [-0.15, -0.1) is 12.4 Å². The number of aliphatic hydroxyl groups excluding tert-OH is 1. The molecule has 1 aliphatic carbocycles. The molecule has 1 saturated carbocycles. The predicted molar refractivity (Wildman–Crippen MR) is 80.3 cm³/mol. The molecule has 0 radical (unpaired) electrons. The Morgan fingerprint density at radius 1 is 1.32 bits per heavy atom. The minimum atomic E-state index is -0.431. The summed E-state index contributed by atoms with van der Waals surface area (Å²) in [6.07, 6.45) is 5.40. The molecule has 0 aromatic heterocycles. The van der Waals surface area contributed by atoms with E-state index < -0.39 is 5.41 Å². The van der Waals surface area contributed by atoms with Gasteiger partial charge in [0, 0.05) is 19.0 Å². The van der Waals surface area contributed by atoms with Gasteiger partial charge < -0.3 is 16.2 Å². The second-order valence-corrected chi connectivity index (χ2v) is 5.51. The van der Waals surface area contributed by atoms with Crippen molar-refractivity contribution in [3.63, 3.8) is 0 Å². The fourth-order valence-corrected chi connectivity index (χ4v) is 2.79. The highest BCUT2D eigenvalue weighted by Crippen LogP contribution is 2.27. The summed E-state index contributed by atoms with van der Waals surface area (Å²) in [6.45, 7) is 4.98. The summed E-state index contributed by atoms with van der Waals surface area (Å²) in [4.78, 5) is 12.2. The molecule has 0 heterocycles. The summed E-state index contributed by atoms with van der Waals surface area (Å²) >= 11 is 0. The molecular weight excluding hydrogens is 264 g/mol. The summed E-state index contributed by atoms with van der Waals surface area (Å²) in [5, 5.41) is 12.9. The van der Waals surface area contributed by atoms with Crippen molar-refractivity contribution in [3.05, 3.63) is 0 Å². The maximum atomic E-state index is 12.2. The quantitative estimate of drug-likeness (QED) is 0.699. The van der Waals surface area contributed by atoms with Crippen molar-refractivity contribution < 1.29 is 9.90 Å². The average Bonchev–Trinajstić information content (AvgIpc) is 2.40. The first-order chi connectivity index (χ1) is 8.59. The number of aliphatic hydroxyl groups is 1. The van der Waals surface area contributed by atoms with Crippen LogP contribution < -0.4 is 11.1 Å². The summed E-state index contributed by atoms with van der Waals surface area (Å²) in [5.74, 6) is 0.264. The van der Waals surface area contributed by atoms with E-state index in [1.54, 1.807) is 0 Å². The fraction of sp³-hybridized carbons (Fsp3) is 0.929. The van der Waals surface area contributed by atoms with E-state index in [-0.39, 0.29) is 30.3 Å². The van der Waals surface area contributed by atoms with Gasteiger partial charge in [0.1, 0.15) is 0 Å². The number of carbonyl (C=O) groups is 1. The third kappa shape index (κ3) is 4.62. The monoisotopic (exact) mass is 292 g/mol. The van der Waals surface area contributed by atoms with Gasteiger partial charge in [-0.1, -0.05) is 26.7 Å². The smallest absolute Gasteiger partial charge is 0.227 e. The van der Waals surface area contributed by atoms with Crippen LogP contribution in [0.5, 0.6) is 0 Å². The number of amides is 1. The van der Waals surface area contributed by atoms with Crippen LogP contribution in [0.2, 0.25) is 0 Å². The van der Waals surface area contributed by atoms with Crippen LogP contribution in [0, 0.1) is 11.3 Å². The van der Waals surface area contributed by atoms with E-state index in [0.29, 0.717) is 13.1 Å². The largest absolute Gasteiger partial charge is 0.393 e. The van der Waals surface area contributed by atoms with Gasteiger partial charge in [0.2, 0.25) is 5.91 Å². The van der Waals surface area contributed by atoms with E-state index in [9.17, 15) is 9.90 Å². The number of nitrogens with two attached hydrogens (primary N) is 1. The Kier molecular flexibility index (Phi) is 8.62. The highest BCUT2D eigenvalue weighted by Gasteiger charge is 2.34. The first-order valence-electron chi connectivity index (χ1n) is 7.26. The normalized spacial score (nSPS) is 23.6. The zero-order chi connectivity index (χ0) is 13.6. The SMILES string of the molecule is CCC(CC)(CN)C(=O)NCC1CCCCC1O.Cl. The number of nitrogens with one attached hydrogen (secondary N) is 1. The van der Waals surface area contributed by atoms with Crippen LogP contribution in [0.25, 0.3) is 0 Å². The third-order valence-electron chi connectivity index (χ3n) is 4.62. The number of rotatable bonds is 6. The molecule has 0 aromatic carbocycles. The van der Waals surface area contributed by atoms with Gasteiger partial charge in [0.25, 0.3) is 0 Å². The van der Waals surface area contributed by atoms with Crippen LogP contribution >= 0.6 is 12.4 Å². The molecular formula is C14H29ClN2O2. The van der Waals surface area contributed by atoms with E-state index in [4.69, 9.17) is 5.73 Å².